The predicted molar refractivity (Wildman–Crippen MR) is 98.6 cm³/mol. The molecular formula is C21H16N2O2. The summed E-state index contributed by atoms with van der Waals surface area (Å²) in [7, 11) is 0. The largest absolute Gasteiger partial charge is 0.436 e. The third-order valence-electron chi connectivity index (χ3n) is 4.01. The second-order valence-electron chi connectivity index (χ2n) is 5.85. The zero-order chi connectivity index (χ0) is 17.2. The molecule has 0 radical (unpaired) electrons. The number of benzene rings is 3. The molecule has 1 amide bonds. The van der Waals surface area contributed by atoms with E-state index < -0.39 is 0 Å². The van der Waals surface area contributed by atoms with Crippen molar-refractivity contribution in [2.24, 2.45) is 0 Å². The molecule has 0 aliphatic carbocycles. The number of oxazole rings is 1. The summed E-state index contributed by atoms with van der Waals surface area (Å²) in [4.78, 5) is 17.0. The van der Waals surface area contributed by atoms with E-state index in [0.29, 0.717) is 17.1 Å². The molecule has 1 heterocycles. The van der Waals surface area contributed by atoms with Crippen molar-refractivity contribution in [1.82, 2.24) is 4.98 Å². The Bertz CT molecular complexity index is 1020. The lowest BCUT2D eigenvalue weighted by molar-refractivity contribution is 0.102. The van der Waals surface area contributed by atoms with E-state index in [2.05, 4.69) is 10.3 Å². The van der Waals surface area contributed by atoms with Crippen LogP contribution in [-0.4, -0.2) is 10.9 Å². The molecule has 1 N–H and O–H groups in total. The van der Waals surface area contributed by atoms with Gasteiger partial charge in [0, 0.05) is 5.56 Å². The SMILES string of the molecule is Cc1ccc(C(=O)Nc2ccccc2-c2nc3ccccc3o2)cc1. The molecule has 0 saturated carbocycles. The summed E-state index contributed by atoms with van der Waals surface area (Å²) in [5, 5.41) is 2.95. The van der Waals surface area contributed by atoms with Gasteiger partial charge in [-0.15, -0.1) is 0 Å². The lowest BCUT2D eigenvalue weighted by atomic mass is 10.1. The van der Waals surface area contributed by atoms with Crippen molar-refractivity contribution >= 4 is 22.7 Å². The highest BCUT2D eigenvalue weighted by atomic mass is 16.3. The molecule has 122 valence electrons. The Hall–Kier alpha value is -3.40. The van der Waals surface area contributed by atoms with E-state index in [-0.39, 0.29) is 5.91 Å². The second kappa shape index (κ2) is 6.24. The Morgan fingerprint density at radius 2 is 1.64 bits per heavy atom. The highest BCUT2D eigenvalue weighted by Gasteiger charge is 2.14. The lowest BCUT2D eigenvalue weighted by Gasteiger charge is -2.09. The molecular weight excluding hydrogens is 312 g/mol. The van der Waals surface area contributed by atoms with Gasteiger partial charge in [-0.3, -0.25) is 4.79 Å². The third-order valence-corrected chi connectivity index (χ3v) is 4.01. The van der Waals surface area contributed by atoms with Gasteiger partial charge in [0.1, 0.15) is 5.52 Å². The zero-order valence-electron chi connectivity index (χ0n) is 13.7. The van der Waals surface area contributed by atoms with Crippen molar-refractivity contribution in [3.05, 3.63) is 83.9 Å². The molecule has 4 heteroatoms. The maximum atomic E-state index is 12.5. The second-order valence-corrected chi connectivity index (χ2v) is 5.85. The summed E-state index contributed by atoms with van der Waals surface area (Å²) in [5.74, 6) is 0.324. The first-order valence-electron chi connectivity index (χ1n) is 8.04. The fourth-order valence-electron chi connectivity index (χ4n) is 2.67. The van der Waals surface area contributed by atoms with E-state index in [0.717, 1.165) is 22.2 Å². The van der Waals surface area contributed by atoms with E-state index in [1.54, 1.807) is 0 Å². The quantitative estimate of drug-likeness (QED) is 0.572. The number of para-hydroxylation sites is 3. The van der Waals surface area contributed by atoms with Crippen molar-refractivity contribution in [2.75, 3.05) is 5.32 Å². The standard InChI is InChI=1S/C21H16N2O2/c1-14-10-12-15(13-11-14)20(24)22-17-7-3-2-6-16(17)21-23-18-8-4-5-9-19(18)25-21/h2-13H,1H3,(H,22,24). The van der Waals surface area contributed by atoms with Crippen LogP contribution < -0.4 is 5.32 Å². The smallest absolute Gasteiger partial charge is 0.255 e. The van der Waals surface area contributed by atoms with Gasteiger partial charge < -0.3 is 9.73 Å². The molecule has 0 atom stereocenters. The van der Waals surface area contributed by atoms with Gasteiger partial charge in [0.25, 0.3) is 5.91 Å². The van der Waals surface area contributed by atoms with Crippen LogP contribution in [0.1, 0.15) is 15.9 Å². The van der Waals surface area contributed by atoms with E-state index in [4.69, 9.17) is 4.42 Å². The first kappa shape index (κ1) is 15.1. The van der Waals surface area contributed by atoms with Crippen LogP contribution in [0.4, 0.5) is 5.69 Å². The van der Waals surface area contributed by atoms with E-state index in [1.807, 2.05) is 79.7 Å². The van der Waals surface area contributed by atoms with Crippen LogP contribution in [0.5, 0.6) is 0 Å². The molecule has 3 aromatic carbocycles. The minimum absolute atomic E-state index is 0.163. The number of rotatable bonds is 3. The first-order valence-corrected chi connectivity index (χ1v) is 8.04. The Kier molecular flexibility index (Phi) is 3.78. The topological polar surface area (TPSA) is 55.1 Å². The molecule has 4 aromatic rings. The van der Waals surface area contributed by atoms with Crippen molar-refractivity contribution < 1.29 is 9.21 Å². The number of carbonyl (C=O) groups is 1. The van der Waals surface area contributed by atoms with Crippen LogP contribution in [0.2, 0.25) is 0 Å². The van der Waals surface area contributed by atoms with Gasteiger partial charge in [-0.2, -0.15) is 0 Å². The molecule has 0 aliphatic rings. The predicted octanol–water partition coefficient (Wildman–Crippen LogP) is 5.06. The Morgan fingerprint density at radius 3 is 2.44 bits per heavy atom. The maximum absolute atomic E-state index is 12.5. The molecule has 0 bridgehead atoms. The van der Waals surface area contributed by atoms with Gasteiger partial charge in [-0.25, -0.2) is 4.98 Å². The van der Waals surface area contributed by atoms with Gasteiger partial charge in [-0.1, -0.05) is 42.0 Å². The minimum atomic E-state index is -0.163. The number of nitrogens with one attached hydrogen (secondary N) is 1. The summed E-state index contributed by atoms with van der Waals surface area (Å²) in [6, 6.07) is 22.5. The fourth-order valence-corrected chi connectivity index (χ4v) is 2.67. The number of hydrogen-bond acceptors (Lipinski definition) is 3. The molecule has 0 spiro atoms. The van der Waals surface area contributed by atoms with Crippen LogP contribution in [0.3, 0.4) is 0 Å². The Labute approximate surface area is 145 Å². The van der Waals surface area contributed by atoms with E-state index in [9.17, 15) is 4.79 Å². The summed E-state index contributed by atoms with van der Waals surface area (Å²) in [5.41, 5.74) is 4.65. The van der Waals surface area contributed by atoms with Crippen LogP contribution >= 0.6 is 0 Å². The highest BCUT2D eigenvalue weighted by Crippen LogP contribution is 2.30. The molecule has 25 heavy (non-hydrogen) atoms. The van der Waals surface area contributed by atoms with Crippen LogP contribution in [0.15, 0.2) is 77.2 Å². The van der Waals surface area contributed by atoms with E-state index >= 15 is 0 Å². The number of amides is 1. The maximum Gasteiger partial charge on any atom is 0.255 e. The molecule has 0 fully saturated rings. The molecule has 4 rings (SSSR count). The van der Waals surface area contributed by atoms with Gasteiger partial charge >= 0.3 is 0 Å². The molecule has 0 saturated heterocycles. The normalized spacial score (nSPS) is 10.8. The number of carbonyl (C=O) groups excluding carboxylic acids is 1. The number of aromatic nitrogens is 1. The summed E-state index contributed by atoms with van der Waals surface area (Å²) >= 11 is 0. The van der Waals surface area contributed by atoms with E-state index in [1.165, 1.54) is 0 Å². The number of nitrogens with zero attached hydrogens (tertiary/aromatic N) is 1. The van der Waals surface area contributed by atoms with Gasteiger partial charge in [0.05, 0.1) is 11.3 Å². The zero-order valence-corrected chi connectivity index (χ0v) is 13.7. The number of fused-ring (bicyclic) bond motifs is 1. The summed E-state index contributed by atoms with van der Waals surface area (Å²) < 4.78 is 5.84. The van der Waals surface area contributed by atoms with Crippen molar-refractivity contribution in [2.45, 2.75) is 6.92 Å². The molecule has 0 aliphatic heterocycles. The number of aryl methyl sites for hydroxylation is 1. The van der Waals surface area contributed by atoms with Crippen LogP contribution in [-0.2, 0) is 0 Å². The van der Waals surface area contributed by atoms with Crippen molar-refractivity contribution in [3.8, 4) is 11.5 Å². The Balaban J connectivity index is 1.69. The molecule has 1 aromatic heterocycles. The minimum Gasteiger partial charge on any atom is -0.436 e. The van der Waals surface area contributed by atoms with Gasteiger partial charge in [0.2, 0.25) is 5.89 Å². The monoisotopic (exact) mass is 328 g/mol. The summed E-state index contributed by atoms with van der Waals surface area (Å²) in [6.45, 7) is 1.99. The molecule has 4 nitrogen and oxygen atoms in total. The third kappa shape index (κ3) is 3.02. The number of hydrogen-bond donors (Lipinski definition) is 1. The Morgan fingerprint density at radius 1 is 0.920 bits per heavy atom. The van der Waals surface area contributed by atoms with Gasteiger partial charge in [-0.05, 0) is 43.3 Å². The van der Waals surface area contributed by atoms with Gasteiger partial charge in [0.15, 0.2) is 5.58 Å². The van der Waals surface area contributed by atoms with Crippen LogP contribution in [0, 0.1) is 6.92 Å². The van der Waals surface area contributed by atoms with Crippen LogP contribution in [0.25, 0.3) is 22.6 Å². The van der Waals surface area contributed by atoms with Crippen molar-refractivity contribution in [1.29, 1.82) is 0 Å². The average molecular weight is 328 g/mol. The average Bonchev–Trinajstić information content (AvgIpc) is 3.06. The first-order chi connectivity index (χ1) is 12.2. The highest BCUT2D eigenvalue weighted by molar-refractivity contribution is 6.06. The summed E-state index contributed by atoms with van der Waals surface area (Å²) in [6.07, 6.45) is 0. The van der Waals surface area contributed by atoms with Crippen molar-refractivity contribution in [3.63, 3.8) is 0 Å². The fraction of sp³-hybridized carbons (Fsp3) is 0.0476. The lowest BCUT2D eigenvalue weighted by Crippen LogP contribution is -2.12. The number of anilines is 1. The molecule has 0 unspecified atom stereocenters.